The molecular formula is C14H23NO2S. The summed E-state index contributed by atoms with van der Waals surface area (Å²) in [7, 11) is 0. The zero-order chi connectivity index (χ0) is 13.0. The van der Waals surface area contributed by atoms with Crippen molar-refractivity contribution in [3.8, 4) is 0 Å². The summed E-state index contributed by atoms with van der Waals surface area (Å²) < 4.78 is 5.41. The van der Waals surface area contributed by atoms with Gasteiger partial charge in [0.15, 0.2) is 0 Å². The van der Waals surface area contributed by atoms with Gasteiger partial charge in [0.25, 0.3) is 0 Å². The van der Waals surface area contributed by atoms with Crippen LogP contribution < -0.4 is 5.32 Å². The maximum absolute atomic E-state index is 9.84. The van der Waals surface area contributed by atoms with E-state index in [9.17, 15) is 5.11 Å². The fourth-order valence-corrected chi connectivity index (χ4v) is 3.33. The monoisotopic (exact) mass is 269 g/mol. The normalized spacial score (nSPS) is 21.0. The summed E-state index contributed by atoms with van der Waals surface area (Å²) in [5, 5.41) is 15.5. The molecule has 0 amide bonds. The van der Waals surface area contributed by atoms with Gasteiger partial charge in [-0.15, -0.1) is 11.3 Å². The van der Waals surface area contributed by atoms with Crippen LogP contribution in [-0.2, 0) is 11.2 Å². The first-order valence-corrected chi connectivity index (χ1v) is 7.64. The Hall–Kier alpha value is -0.420. The molecule has 1 aliphatic rings. The van der Waals surface area contributed by atoms with Crippen molar-refractivity contribution in [3.63, 3.8) is 0 Å². The van der Waals surface area contributed by atoms with Gasteiger partial charge in [-0.05, 0) is 50.1 Å². The van der Waals surface area contributed by atoms with Crippen LogP contribution in [0.15, 0.2) is 11.4 Å². The summed E-state index contributed by atoms with van der Waals surface area (Å²) in [6, 6.07) is 2.63. The number of thiophene rings is 1. The average Bonchev–Trinajstić information content (AvgIpc) is 2.82. The van der Waals surface area contributed by atoms with Crippen LogP contribution >= 0.6 is 11.3 Å². The topological polar surface area (TPSA) is 41.5 Å². The Labute approximate surface area is 113 Å². The standard InChI is InChI=1S/C14H23NO2S/c1-10(2)17-9-11(16)8-15-13-4-3-5-14-12(13)6-7-18-14/h6-7,10-11,13,15-16H,3-5,8-9H2,1-2H3. The van der Waals surface area contributed by atoms with Crippen LogP contribution in [-0.4, -0.2) is 30.5 Å². The van der Waals surface area contributed by atoms with Crippen molar-refractivity contribution in [2.24, 2.45) is 0 Å². The van der Waals surface area contributed by atoms with Crippen molar-refractivity contribution in [1.82, 2.24) is 5.32 Å². The quantitative estimate of drug-likeness (QED) is 0.834. The number of aryl methyl sites for hydroxylation is 1. The number of fused-ring (bicyclic) bond motifs is 1. The zero-order valence-electron chi connectivity index (χ0n) is 11.2. The first-order valence-electron chi connectivity index (χ1n) is 6.76. The highest BCUT2D eigenvalue weighted by molar-refractivity contribution is 7.10. The lowest BCUT2D eigenvalue weighted by molar-refractivity contribution is 0.00524. The third-order valence-electron chi connectivity index (χ3n) is 3.27. The highest BCUT2D eigenvalue weighted by Crippen LogP contribution is 2.33. The molecule has 2 N–H and O–H groups in total. The number of aliphatic hydroxyl groups excluding tert-OH is 1. The molecule has 0 saturated heterocycles. The molecule has 4 heteroatoms. The molecule has 102 valence electrons. The van der Waals surface area contributed by atoms with Gasteiger partial charge in [0.1, 0.15) is 0 Å². The van der Waals surface area contributed by atoms with Crippen molar-refractivity contribution >= 4 is 11.3 Å². The minimum atomic E-state index is -0.420. The van der Waals surface area contributed by atoms with Crippen molar-refractivity contribution in [1.29, 1.82) is 0 Å². The molecule has 1 aromatic heterocycles. The molecule has 1 aliphatic carbocycles. The van der Waals surface area contributed by atoms with Gasteiger partial charge in [-0.3, -0.25) is 0 Å². The van der Waals surface area contributed by atoms with E-state index in [1.807, 2.05) is 25.2 Å². The largest absolute Gasteiger partial charge is 0.389 e. The highest BCUT2D eigenvalue weighted by Gasteiger charge is 2.21. The summed E-state index contributed by atoms with van der Waals surface area (Å²) >= 11 is 1.85. The van der Waals surface area contributed by atoms with E-state index in [1.54, 1.807) is 0 Å². The zero-order valence-corrected chi connectivity index (χ0v) is 12.0. The highest BCUT2D eigenvalue weighted by atomic mass is 32.1. The fourth-order valence-electron chi connectivity index (χ4n) is 2.34. The Morgan fingerprint density at radius 3 is 3.17 bits per heavy atom. The van der Waals surface area contributed by atoms with Crippen LogP contribution in [0.5, 0.6) is 0 Å². The summed E-state index contributed by atoms with van der Waals surface area (Å²) in [6.45, 7) is 4.98. The Morgan fingerprint density at radius 1 is 1.56 bits per heavy atom. The predicted molar refractivity (Wildman–Crippen MR) is 75.1 cm³/mol. The summed E-state index contributed by atoms with van der Waals surface area (Å²) in [4.78, 5) is 1.51. The lowest BCUT2D eigenvalue weighted by Gasteiger charge is -2.25. The molecule has 1 heterocycles. The molecule has 1 aromatic rings. The molecule has 18 heavy (non-hydrogen) atoms. The van der Waals surface area contributed by atoms with Crippen molar-refractivity contribution in [3.05, 3.63) is 21.9 Å². The number of aliphatic hydroxyl groups is 1. The Balaban J connectivity index is 1.78. The van der Waals surface area contributed by atoms with Crippen molar-refractivity contribution in [2.75, 3.05) is 13.2 Å². The van der Waals surface area contributed by atoms with E-state index in [-0.39, 0.29) is 6.10 Å². The van der Waals surface area contributed by atoms with Gasteiger partial charge in [0.05, 0.1) is 18.8 Å². The van der Waals surface area contributed by atoms with Crippen LogP contribution in [0.2, 0.25) is 0 Å². The second kappa shape index (κ2) is 6.66. The first-order chi connectivity index (χ1) is 8.66. The Kier molecular flexibility index (Phi) is 5.18. The van der Waals surface area contributed by atoms with Crippen LogP contribution in [0.25, 0.3) is 0 Å². The number of hydrogen-bond donors (Lipinski definition) is 2. The second-order valence-corrected chi connectivity index (χ2v) is 6.19. The first kappa shape index (κ1) is 14.0. The van der Waals surface area contributed by atoms with Crippen molar-refractivity contribution in [2.45, 2.75) is 51.4 Å². The lowest BCUT2D eigenvalue weighted by Crippen LogP contribution is -2.34. The molecule has 2 atom stereocenters. The summed E-state index contributed by atoms with van der Waals surface area (Å²) in [6.07, 6.45) is 3.38. The third-order valence-corrected chi connectivity index (χ3v) is 4.27. The number of nitrogens with one attached hydrogen (secondary N) is 1. The Bertz CT molecular complexity index is 364. The molecule has 0 saturated carbocycles. The maximum Gasteiger partial charge on any atom is 0.0898 e. The van der Waals surface area contributed by atoms with Crippen LogP contribution in [0.4, 0.5) is 0 Å². The molecule has 0 spiro atoms. The SMILES string of the molecule is CC(C)OCC(O)CNC1CCCc2sccc21. The molecule has 0 radical (unpaired) electrons. The van der Waals surface area contributed by atoms with E-state index in [1.165, 1.54) is 29.7 Å². The second-order valence-electron chi connectivity index (χ2n) is 5.19. The maximum atomic E-state index is 9.84. The fraction of sp³-hybridized carbons (Fsp3) is 0.714. The predicted octanol–water partition coefficient (Wildman–Crippen LogP) is 2.50. The van der Waals surface area contributed by atoms with Crippen LogP contribution in [0.3, 0.4) is 0 Å². The molecule has 2 unspecified atom stereocenters. The van der Waals surface area contributed by atoms with E-state index in [2.05, 4.69) is 16.8 Å². The van der Waals surface area contributed by atoms with Gasteiger partial charge < -0.3 is 15.2 Å². The third kappa shape index (κ3) is 3.79. The molecule has 0 aromatic carbocycles. The molecule has 0 bridgehead atoms. The van der Waals surface area contributed by atoms with Gasteiger partial charge in [0, 0.05) is 17.5 Å². The van der Waals surface area contributed by atoms with E-state index >= 15 is 0 Å². The van der Waals surface area contributed by atoms with Gasteiger partial charge in [-0.25, -0.2) is 0 Å². The molecular weight excluding hydrogens is 246 g/mol. The molecule has 0 aliphatic heterocycles. The van der Waals surface area contributed by atoms with Gasteiger partial charge >= 0.3 is 0 Å². The summed E-state index contributed by atoms with van der Waals surface area (Å²) in [5.74, 6) is 0. The Morgan fingerprint density at radius 2 is 2.39 bits per heavy atom. The van der Waals surface area contributed by atoms with Gasteiger partial charge in [-0.1, -0.05) is 0 Å². The van der Waals surface area contributed by atoms with Crippen molar-refractivity contribution < 1.29 is 9.84 Å². The van der Waals surface area contributed by atoms with Crippen LogP contribution in [0.1, 0.15) is 43.2 Å². The smallest absolute Gasteiger partial charge is 0.0898 e. The minimum Gasteiger partial charge on any atom is -0.389 e. The van der Waals surface area contributed by atoms with Crippen LogP contribution in [0, 0.1) is 0 Å². The van der Waals surface area contributed by atoms with Gasteiger partial charge in [-0.2, -0.15) is 0 Å². The molecule has 0 fully saturated rings. The average molecular weight is 269 g/mol. The lowest BCUT2D eigenvalue weighted by atomic mass is 9.94. The minimum absolute atomic E-state index is 0.179. The number of ether oxygens (including phenoxy) is 1. The van der Waals surface area contributed by atoms with E-state index in [4.69, 9.17) is 4.74 Å². The van der Waals surface area contributed by atoms with E-state index in [0.717, 1.165) is 0 Å². The number of hydrogen-bond acceptors (Lipinski definition) is 4. The van der Waals surface area contributed by atoms with Gasteiger partial charge in [0.2, 0.25) is 0 Å². The summed E-state index contributed by atoms with van der Waals surface area (Å²) in [5.41, 5.74) is 1.43. The number of rotatable bonds is 6. The van der Waals surface area contributed by atoms with E-state index in [0.29, 0.717) is 19.2 Å². The van der Waals surface area contributed by atoms with E-state index < -0.39 is 6.10 Å². The molecule has 3 nitrogen and oxygen atoms in total. The molecule has 2 rings (SSSR count).